The van der Waals surface area contributed by atoms with Gasteiger partial charge in [-0.3, -0.25) is 10.1 Å². The number of hydrogen-bond acceptors (Lipinski definition) is 5. The van der Waals surface area contributed by atoms with Crippen LogP contribution in [-0.4, -0.2) is 23.6 Å². The number of hydrogen-bond donors (Lipinski definition) is 0. The highest BCUT2D eigenvalue weighted by Gasteiger charge is 2.19. The Morgan fingerprint density at radius 3 is 2.39 bits per heavy atom. The van der Waals surface area contributed by atoms with Crippen LogP contribution in [0.15, 0.2) is 24.3 Å². The maximum absolute atomic E-state index is 11.5. The molecule has 0 aliphatic heterocycles. The summed E-state index contributed by atoms with van der Waals surface area (Å²) in [6, 6.07) is 5.57. The standard InChI is InChI=1S/C12H15NO5/c1-3-11(12(14)17-4-2)18-10-7-5-9(6-8-10)13(15)16/h5-8,11H,3-4H2,1-2H3. The first-order valence-corrected chi connectivity index (χ1v) is 5.66. The molecule has 1 unspecified atom stereocenters. The summed E-state index contributed by atoms with van der Waals surface area (Å²) in [6.45, 7) is 3.81. The normalized spacial score (nSPS) is 11.7. The first-order chi connectivity index (χ1) is 8.58. The van der Waals surface area contributed by atoms with Gasteiger partial charge in [-0.15, -0.1) is 0 Å². The van der Waals surface area contributed by atoms with Gasteiger partial charge in [-0.05, 0) is 25.5 Å². The highest BCUT2D eigenvalue weighted by atomic mass is 16.6. The summed E-state index contributed by atoms with van der Waals surface area (Å²) in [5.41, 5.74) is -0.0217. The number of non-ortho nitro benzene ring substituents is 1. The number of esters is 1. The zero-order valence-electron chi connectivity index (χ0n) is 10.3. The Hall–Kier alpha value is -2.11. The van der Waals surface area contributed by atoms with Crippen molar-refractivity contribution in [2.45, 2.75) is 26.4 Å². The van der Waals surface area contributed by atoms with Crippen molar-refractivity contribution in [1.82, 2.24) is 0 Å². The van der Waals surface area contributed by atoms with Crippen molar-refractivity contribution in [1.29, 1.82) is 0 Å². The van der Waals surface area contributed by atoms with E-state index in [4.69, 9.17) is 9.47 Å². The molecule has 18 heavy (non-hydrogen) atoms. The summed E-state index contributed by atoms with van der Waals surface area (Å²) < 4.78 is 10.3. The summed E-state index contributed by atoms with van der Waals surface area (Å²) in [6.07, 6.45) is -0.220. The second-order valence-corrected chi connectivity index (χ2v) is 3.52. The van der Waals surface area contributed by atoms with Crippen molar-refractivity contribution >= 4 is 11.7 Å². The molecule has 0 heterocycles. The minimum absolute atomic E-state index is 0.0217. The van der Waals surface area contributed by atoms with Gasteiger partial charge in [-0.2, -0.15) is 0 Å². The van der Waals surface area contributed by atoms with Crippen molar-refractivity contribution in [3.63, 3.8) is 0 Å². The Balaban J connectivity index is 2.70. The molecule has 0 fully saturated rings. The van der Waals surface area contributed by atoms with Crippen LogP contribution >= 0.6 is 0 Å². The number of carbonyl (C=O) groups is 1. The number of ether oxygens (including phenoxy) is 2. The Bertz CT molecular complexity index is 415. The minimum atomic E-state index is -0.689. The summed E-state index contributed by atoms with van der Waals surface area (Å²) >= 11 is 0. The van der Waals surface area contributed by atoms with Crippen LogP contribution in [-0.2, 0) is 9.53 Å². The molecule has 1 atom stereocenters. The van der Waals surface area contributed by atoms with E-state index in [2.05, 4.69) is 0 Å². The SMILES string of the molecule is CCOC(=O)C(CC)Oc1ccc([N+](=O)[O-])cc1. The van der Waals surface area contributed by atoms with Gasteiger partial charge in [0.2, 0.25) is 0 Å². The summed E-state index contributed by atoms with van der Waals surface area (Å²) in [5.74, 6) is -0.0288. The van der Waals surface area contributed by atoms with Gasteiger partial charge in [0.25, 0.3) is 5.69 Å². The quantitative estimate of drug-likeness (QED) is 0.441. The third-order valence-corrected chi connectivity index (χ3v) is 2.25. The smallest absolute Gasteiger partial charge is 0.347 e. The fourth-order valence-corrected chi connectivity index (χ4v) is 1.34. The lowest BCUT2D eigenvalue weighted by Gasteiger charge is -2.15. The van der Waals surface area contributed by atoms with Crippen LogP contribution < -0.4 is 4.74 Å². The lowest BCUT2D eigenvalue weighted by Crippen LogP contribution is -2.28. The van der Waals surface area contributed by atoms with Gasteiger partial charge in [-0.25, -0.2) is 4.79 Å². The summed E-state index contributed by atoms with van der Waals surface area (Å²) in [4.78, 5) is 21.5. The van der Waals surface area contributed by atoms with Crippen molar-refractivity contribution in [2.75, 3.05) is 6.61 Å². The van der Waals surface area contributed by atoms with Crippen molar-refractivity contribution < 1.29 is 19.2 Å². The maximum atomic E-state index is 11.5. The van der Waals surface area contributed by atoms with Crippen LogP contribution in [0.25, 0.3) is 0 Å². The molecule has 1 aromatic rings. The van der Waals surface area contributed by atoms with E-state index in [1.54, 1.807) is 13.8 Å². The van der Waals surface area contributed by atoms with E-state index in [-0.39, 0.29) is 5.69 Å². The first kappa shape index (κ1) is 14.0. The molecule has 1 rings (SSSR count). The lowest BCUT2D eigenvalue weighted by atomic mass is 10.2. The first-order valence-electron chi connectivity index (χ1n) is 5.66. The summed E-state index contributed by atoms with van der Waals surface area (Å²) in [7, 11) is 0. The van der Waals surface area contributed by atoms with E-state index in [0.29, 0.717) is 18.8 Å². The molecule has 0 radical (unpaired) electrons. The molecule has 0 bridgehead atoms. The molecular weight excluding hydrogens is 238 g/mol. The monoisotopic (exact) mass is 253 g/mol. The average Bonchev–Trinajstić information content (AvgIpc) is 2.36. The highest BCUT2D eigenvalue weighted by molar-refractivity contribution is 5.75. The molecule has 0 aliphatic rings. The van der Waals surface area contributed by atoms with Crippen LogP contribution in [0.5, 0.6) is 5.75 Å². The number of rotatable bonds is 6. The number of nitro groups is 1. The van der Waals surface area contributed by atoms with Crippen molar-refractivity contribution in [2.24, 2.45) is 0 Å². The van der Waals surface area contributed by atoms with E-state index < -0.39 is 17.0 Å². The molecule has 6 heteroatoms. The lowest BCUT2D eigenvalue weighted by molar-refractivity contribution is -0.384. The Kier molecular flexibility index (Phi) is 5.10. The van der Waals surface area contributed by atoms with Gasteiger partial charge < -0.3 is 9.47 Å². The zero-order chi connectivity index (χ0) is 13.5. The molecule has 6 nitrogen and oxygen atoms in total. The molecule has 0 spiro atoms. The molecule has 0 aromatic heterocycles. The van der Waals surface area contributed by atoms with Gasteiger partial charge in [0.05, 0.1) is 11.5 Å². The van der Waals surface area contributed by atoms with E-state index in [1.165, 1.54) is 24.3 Å². The Morgan fingerprint density at radius 1 is 1.33 bits per heavy atom. The predicted octanol–water partition coefficient (Wildman–Crippen LogP) is 2.32. The van der Waals surface area contributed by atoms with Gasteiger partial charge in [-0.1, -0.05) is 6.92 Å². The highest BCUT2D eigenvalue weighted by Crippen LogP contribution is 2.19. The number of benzene rings is 1. The third-order valence-electron chi connectivity index (χ3n) is 2.25. The van der Waals surface area contributed by atoms with E-state index in [9.17, 15) is 14.9 Å². The topological polar surface area (TPSA) is 78.7 Å². The van der Waals surface area contributed by atoms with Gasteiger partial charge in [0.1, 0.15) is 5.75 Å². The Morgan fingerprint density at radius 2 is 1.94 bits per heavy atom. The van der Waals surface area contributed by atoms with Crippen LogP contribution in [0.4, 0.5) is 5.69 Å². The van der Waals surface area contributed by atoms with Crippen molar-refractivity contribution in [3.8, 4) is 5.75 Å². The number of nitrogens with zero attached hydrogens (tertiary/aromatic N) is 1. The fourth-order valence-electron chi connectivity index (χ4n) is 1.34. The fraction of sp³-hybridized carbons (Fsp3) is 0.417. The zero-order valence-corrected chi connectivity index (χ0v) is 10.3. The van der Waals surface area contributed by atoms with Gasteiger partial charge in [0, 0.05) is 12.1 Å². The molecule has 0 aliphatic carbocycles. The maximum Gasteiger partial charge on any atom is 0.347 e. The number of carbonyl (C=O) groups excluding carboxylic acids is 1. The second-order valence-electron chi connectivity index (χ2n) is 3.52. The second kappa shape index (κ2) is 6.58. The van der Waals surface area contributed by atoms with Gasteiger partial charge in [0.15, 0.2) is 6.10 Å². The van der Waals surface area contributed by atoms with Crippen LogP contribution in [0.2, 0.25) is 0 Å². The molecule has 98 valence electrons. The van der Waals surface area contributed by atoms with E-state index in [0.717, 1.165) is 0 Å². The van der Waals surface area contributed by atoms with Crippen molar-refractivity contribution in [3.05, 3.63) is 34.4 Å². The minimum Gasteiger partial charge on any atom is -0.479 e. The average molecular weight is 253 g/mol. The number of nitro benzene ring substituents is 1. The third kappa shape index (κ3) is 3.73. The molecule has 0 N–H and O–H groups in total. The molecular formula is C12H15NO5. The van der Waals surface area contributed by atoms with E-state index in [1.807, 2.05) is 0 Å². The molecule has 1 aromatic carbocycles. The molecule has 0 amide bonds. The van der Waals surface area contributed by atoms with Gasteiger partial charge >= 0.3 is 5.97 Å². The van der Waals surface area contributed by atoms with Crippen LogP contribution in [0.1, 0.15) is 20.3 Å². The molecule has 0 saturated heterocycles. The largest absolute Gasteiger partial charge is 0.479 e. The summed E-state index contributed by atoms with van der Waals surface area (Å²) in [5, 5.41) is 10.5. The van der Waals surface area contributed by atoms with Crippen LogP contribution in [0, 0.1) is 10.1 Å². The molecule has 0 saturated carbocycles. The predicted molar refractivity (Wildman–Crippen MR) is 64.4 cm³/mol. The van der Waals surface area contributed by atoms with E-state index >= 15 is 0 Å². The van der Waals surface area contributed by atoms with Crippen LogP contribution in [0.3, 0.4) is 0 Å². The Labute approximate surface area is 105 Å².